The van der Waals surface area contributed by atoms with Crippen LogP contribution in [0.2, 0.25) is 0 Å². The summed E-state index contributed by atoms with van der Waals surface area (Å²) in [5, 5.41) is 3.00. The number of hydrogen-bond donors (Lipinski definition) is 1. The van der Waals surface area contributed by atoms with Gasteiger partial charge in [0.1, 0.15) is 0 Å². The summed E-state index contributed by atoms with van der Waals surface area (Å²) in [4.78, 5) is 0. The molecule has 1 heteroatoms. The van der Waals surface area contributed by atoms with Crippen LogP contribution in [0, 0.1) is 11.8 Å². The van der Waals surface area contributed by atoms with E-state index in [2.05, 4.69) is 42.3 Å². The van der Waals surface area contributed by atoms with E-state index in [0.29, 0.717) is 0 Å². The van der Waals surface area contributed by atoms with E-state index in [0.717, 1.165) is 18.5 Å². The molecule has 68 valence electrons. The van der Waals surface area contributed by atoms with Crippen LogP contribution in [-0.2, 0) is 6.42 Å². The monoisotopic (exact) mass is 173 g/mol. The molecule has 0 fully saturated rings. The summed E-state index contributed by atoms with van der Waals surface area (Å²) in [5.74, 6) is 6.22. The first-order valence-electron chi connectivity index (χ1n) is 4.60. The zero-order chi connectivity index (χ0) is 9.52. The first kappa shape index (κ1) is 9.83. The van der Waals surface area contributed by atoms with Crippen molar-refractivity contribution in [2.45, 2.75) is 13.3 Å². The minimum Gasteiger partial charge on any atom is -0.309 e. The predicted octanol–water partition coefficient (Wildman–Crippen LogP) is 1.82. The molecule has 0 unspecified atom stereocenters. The van der Waals surface area contributed by atoms with Crippen molar-refractivity contribution >= 4 is 0 Å². The molecule has 0 radical (unpaired) electrons. The van der Waals surface area contributed by atoms with Crippen LogP contribution in [-0.4, -0.2) is 13.6 Å². The fraction of sp³-hybridized carbons (Fsp3) is 0.333. The molecule has 0 aromatic heterocycles. The maximum absolute atomic E-state index is 3.15. The molecule has 0 amide bonds. The predicted molar refractivity (Wildman–Crippen MR) is 56.6 cm³/mol. The van der Waals surface area contributed by atoms with Crippen molar-refractivity contribution in [3.8, 4) is 11.8 Å². The summed E-state index contributed by atoms with van der Waals surface area (Å²) in [5.41, 5.74) is 2.48. The summed E-state index contributed by atoms with van der Waals surface area (Å²) in [7, 11) is 1.90. The van der Waals surface area contributed by atoms with E-state index in [1.54, 1.807) is 0 Å². The second kappa shape index (κ2) is 5.40. The fourth-order valence-corrected chi connectivity index (χ4v) is 1.18. The van der Waals surface area contributed by atoms with E-state index in [1.165, 1.54) is 5.56 Å². The van der Waals surface area contributed by atoms with Gasteiger partial charge in [0, 0.05) is 5.56 Å². The second-order valence-electron chi connectivity index (χ2n) is 2.84. The molecule has 1 aromatic rings. The highest BCUT2D eigenvalue weighted by Gasteiger charge is 1.93. The minimum atomic E-state index is 0.748. The maximum atomic E-state index is 3.15. The molecule has 0 saturated heterocycles. The highest BCUT2D eigenvalue weighted by atomic mass is 14.8. The molecule has 0 spiro atoms. The maximum Gasteiger partial charge on any atom is 0.0577 e. The minimum absolute atomic E-state index is 0.748. The Bertz CT molecular complexity index is 317. The number of rotatable bonds is 2. The van der Waals surface area contributed by atoms with E-state index >= 15 is 0 Å². The lowest BCUT2D eigenvalue weighted by molar-refractivity contribution is 0.938. The summed E-state index contributed by atoms with van der Waals surface area (Å²) in [6, 6.07) is 8.29. The first-order valence-corrected chi connectivity index (χ1v) is 4.60. The van der Waals surface area contributed by atoms with Crippen molar-refractivity contribution in [1.82, 2.24) is 5.32 Å². The fourth-order valence-electron chi connectivity index (χ4n) is 1.18. The van der Waals surface area contributed by atoms with Gasteiger partial charge in [0.05, 0.1) is 6.54 Å². The molecule has 13 heavy (non-hydrogen) atoms. The largest absolute Gasteiger partial charge is 0.309 e. The number of benzene rings is 1. The molecule has 1 aromatic carbocycles. The van der Waals surface area contributed by atoms with Gasteiger partial charge in [-0.05, 0) is 25.1 Å². The van der Waals surface area contributed by atoms with Crippen molar-refractivity contribution in [1.29, 1.82) is 0 Å². The van der Waals surface area contributed by atoms with E-state index in [1.807, 2.05) is 13.1 Å². The molecule has 1 N–H and O–H groups in total. The van der Waals surface area contributed by atoms with Crippen LogP contribution in [0.1, 0.15) is 18.1 Å². The Morgan fingerprint density at radius 3 is 2.77 bits per heavy atom. The normalized spacial score (nSPS) is 9.08. The van der Waals surface area contributed by atoms with Crippen molar-refractivity contribution in [3.63, 3.8) is 0 Å². The van der Waals surface area contributed by atoms with Crippen LogP contribution >= 0.6 is 0 Å². The average Bonchev–Trinajstić information content (AvgIpc) is 2.19. The van der Waals surface area contributed by atoms with Crippen LogP contribution in [0.3, 0.4) is 0 Å². The third-order valence-electron chi connectivity index (χ3n) is 1.89. The molecule has 0 heterocycles. The molecule has 0 aliphatic heterocycles. The van der Waals surface area contributed by atoms with Gasteiger partial charge in [0.25, 0.3) is 0 Å². The highest BCUT2D eigenvalue weighted by molar-refractivity contribution is 5.41. The Balaban J connectivity index is 2.82. The number of aryl methyl sites for hydroxylation is 1. The summed E-state index contributed by atoms with van der Waals surface area (Å²) in [6.07, 6.45) is 1.05. The first-order chi connectivity index (χ1) is 6.38. The van der Waals surface area contributed by atoms with E-state index < -0.39 is 0 Å². The molecule has 1 rings (SSSR count). The second-order valence-corrected chi connectivity index (χ2v) is 2.84. The van der Waals surface area contributed by atoms with Crippen molar-refractivity contribution in [2.75, 3.05) is 13.6 Å². The van der Waals surface area contributed by atoms with Gasteiger partial charge in [-0.25, -0.2) is 0 Å². The molecule has 0 aliphatic rings. The average molecular weight is 173 g/mol. The van der Waals surface area contributed by atoms with Crippen LogP contribution in [0.5, 0.6) is 0 Å². The standard InChI is InChI=1S/C12H15N/c1-3-11-7-4-5-8-12(11)9-6-10-13-2/h4-5,7-8,13H,3,10H2,1-2H3. The SMILES string of the molecule is CCc1ccccc1C#CCNC. The van der Waals surface area contributed by atoms with Gasteiger partial charge in [-0.1, -0.05) is 37.0 Å². The molecule has 0 atom stereocenters. The Kier molecular flexibility index (Phi) is 4.08. The van der Waals surface area contributed by atoms with Crippen LogP contribution < -0.4 is 5.32 Å². The lowest BCUT2D eigenvalue weighted by Gasteiger charge is -1.98. The third-order valence-corrected chi connectivity index (χ3v) is 1.89. The number of hydrogen-bond acceptors (Lipinski definition) is 1. The van der Waals surface area contributed by atoms with Crippen molar-refractivity contribution in [2.24, 2.45) is 0 Å². The lowest BCUT2D eigenvalue weighted by atomic mass is 10.1. The van der Waals surface area contributed by atoms with Crippen LogP contribution in [0.25, 0.3) is 0 Å². The molecule has 0 aliphatic carbocycles. The molecule has 1 nitrogen and oxygen atoms in total. The van der Waals surface area contributed by atoms with Crippen molar-refractivity contribution < 1.29 is 0 Å². The zero-order valence-electron chi connectivity index (χ0n) is 8.22. The van der Waals surface area contributed by atoms with Gasteiger partial charge >= 0.3 is 0 Å². The Hall–Kier alpha value is -1.26. The summed E-state index contributed by atoms with van der Waals surface area (Å²) < 4.78 is 0. The highest BCUT2D eigenvalue weighted by Crippen LogP contribution is 2.06. The Labute approximate surface area is 80.2 Å². The van der Waals surface area contributed by atoms with Gasteiger partial charge < -0.3 is 5.32 Å². The molecule has 0 bridgehead atoms. The zero-order valence-corrected chi connectivity index (χ0v) is 8.22. The van der Waals surface area contributed by atoms with Gasteiger partial charge in [-0.15, -0.1) is 0 Å². The van der Waals surface area contributed by atoms with E-state index in [-0.39, 0.29) is 0 Å². The summed E-state index contributed by atoms with van der Waals surface area (Å²) in [6.45, 7) is 2.90. The lowest BCUT2D eigenvalue weighted by Crippen LogP contribution is -2.04. The smallest absolute Gasteiger partial charge is 0.0577 e. The van der Waals surface area contributed by atoms with Crippen molar-refractivity contribution in [3.05, 3.63) is 35.4 Å². The quantitative estimate of drug-likeness (QED) is 0.673. The van der Waals surface area contributed by atoms with Crippen LogP contribution in [0.4, 0.5) is 0 Å². The molecule has 0 saturated carbocycles. The summed E-state index contributed by atoms with van der Waals surface area (Å²) >= 11 is 0. The topological polar surface area (TPSA) is 12.0 Å². The van der Waals surface area contributed by atoms with E-state index in [4.69, 9.17) is 0 Å². The van der Waals surface area contributed by atoms with Gasteiger partial charge in [0.2, 0.25) is 0 Å². The van der Waals surface area contributed by atoms with Gasteiger partial charge in [-0.3, -0.25) is 0 Å². The van der Waals surface area contributed by atoms with Gasteiger partial charge in [-0.2, -0.15) is 0 Å². The Morgan fingerprint density at radius 1 is 1.31 bits per heavy atom. The van der Waals surface area contributed by atoms with E-state index in [9.17, 15) is 0 Å². The third kappa shape index (κ3) is 2.93. The number of nitrogens with one attached hydrogen (secondary N) is 1. The Morgan fingerprint density at radius 2 is 2.08 bits per heavy atom. The van der Waals surface area contributed by atoms with Gasteiger partial charge in [0.15, 0.2) is 0 Å². The van der Waals surface area contributed by atoms with Crippen LogP contribution in [0.15, 0.2) is 24.3 Å². The molecular weight excluding hydrogens is 158 g/mol. The molecular formula is C12H15N.